The van der Waals surface area contributed by atoms with Crippen molar-refractivity contribution in [3.63, 3.8) is 0 Å². The van der Waals surface area contributed by atoms with Crippen molar-refractivity contribution in [1.82, 2.24) is 0 Å². The molecular formula is C27H18S. The fourth-order valence-electron chi connectivity index (χ4n) is 4.32. The van der Waals surface area contributed by atoms with Crippen LogP contribution in [0.5, 0.6) is 0 Å². The zero-order valence-corrected chi connectivity index (χ0v) is 16.4. The number of thiophene rings is 1. The highest BCUT2D eigenvalue weighted by Gasteiger charge is 2.13. The topological polar surface area (TPSA) is 0 Å². The van der Waals surface area contributed by atoms with Gasteiger partial charge in [-0.05, 0) is 63.9 Å². The van der Waals surface area contributed by atoms with E-state index in [2.05, 4.69) is 97.9 Å². The number of hydrogen-bond donors (Lipinski definition) is 0. The van der Waals surface area contributed by atoms with Crippen molar-refractivity contribution in [3.8, 4) is 11.1 Å². The maximum atomic E-state index is 2.40. The van der Waals surface area contributed by atoms with Crippen LogP contribution in [0.4, 0.5) is 0 Å². The van der Waals surface area contributed by atoms with Crippen molar-refractivity contribution < 1.29 is 0 Å². The van der Waals surface area contributed by atoms with Gasteiger partial charge in [0, 0.05) is 20.2 Å². The molecule has 0 aliphatic heterocycles. The largest absolute Gasteiger partial charge is 0.135 e. The van der Waals surface area contributed by atoms with E-state index in [0.29, 0.717) is 0 Å². The van der Waals surface area contributed by atoms with E-state index >= 15 is 0 Å². The Morgan fingerprint density at radius 2 is 1.29 bits per heavy atom. The Hall–Kier alpha value is -3.16. The third-order valence-corrected chi connectivity index (χ3v) is 6.83. The molecule has 132 valence electrons. The number of aryl methyl sites for hydroxylation is 1. The van der Waals surface area contributed by atoms with Gasteiger partial charge < -0.3 is 0 Å². The SMILES string of the molecule is Cc1ccc(-c2c3ccccc3cc3cc4c(cc23)sc2ccccc24)cc1. The Balaban J connectivity index is 1.81. The second kappa shape index (κ2) is 5.92. The molecule has 1 heterocycles. The van der Waals surface area contributed by atoms with Crippen LogP contribution in [-0.2, 0) is 0 Å². The van der Waals surface area contributed by atoms with Crippen LogP contribution in [0.3, 0.4) is 0 Å². The predicted molar refractivity (Wildman–Crippen MR) is 125 cm³/mol. The van der Waals surface area contributed by atoms with Gasteiger partial charge in [-0.25, -0.2) is 0 Å². The standard InChI is InChI=1S/C27H18S/c1-17-10-12-18(13-11-17)27-21-7-3-2-6-19(21)14-20-15-24-22-8-4-5-9-25(22)28-26(24)16-23(20)27/h2-16H,1H3. The highest BCUT2D eigenvalue weighted by atomic mass is 32.1. The van der Waals surface area contributed by atoms with Crippen molar-refractivity contribution in [2.45, 2.75) is 6.92 Å². The molecular weight excluding hydrogens is 356 g/mol. The minimum absolute atomic E-state index is 1.29. The second-order valence-electron chi connectivity index (χ2n) is 7.51. The van der Waals surface area contributed by atoms with Crippen LogP contribution >= 0.6 is 11.3 Å². The van der Waals surface area contributed by atoms with Gasteiger partial charge in [0.05, 0.1) is 0 Å². The first kappa shape index (κ1) is 15.9. The van der Waals surface area contributed by atoms with Crippen LogP contribution in [-0.4, -0.2) is 0 Å². The maximum absolute atomic E-state index is 2.40. The van der Waals surface area contributed by atoms with Crippen molar-refractivity contribution in [2.24, 2.45) is 0 Å². The molecule has 0 radical (unpaired) electrons. The molecule has 0 amide bonds. The number of fused-ring (bicyclic) bond motifs is 5. The first-order chi connectivity index (χ1) is 13.8. The Bertz CT molecular complexity index is 1500. The number of hydrogen-bond acceptors (Lipinski definition) is 1. The third kappa shape index (κ3) is 2.30. The molecule has 1 heteroatoms. The lowest BCUT2D eigenvalue weighted by atomic mass is 9.91. The zero-order chi connectivity index (χ0) is 18.7. The molecule has 0 unspecified atom stereocenters. The van der Waals surface area contributed by atoms with Crippen LogP contribution < -0.4 is 0 Å². The van der Waals surface area contributed by atoms with Crippen molar-refractivity contribution >= 4 is 53.1 Å². The van der Waals surface area contributed by atoms with Gasteiger partial charge >= 0.3 is 0 Å². The third-order valence-electron chi connectivity index (χ3n) is 5.70. The van der Waals surface area contributed by atoms with Crippen LogP contribution in [0.25, 0.3) is 52.8 Å². The Morgan fingerprint density at radius 3 is 2.14 bits per heavy atom. The van der Waals surface area contributed by atoms with E-state index in [1.54, 1.807) is 0 Å². The van der Waals surface area contributed by atoms with E-state index in [1.165, 1.54) is 58.4 Å². The molecule has 0 N–H and O–H groups in total. The fraction of sp³-hybridized carbons (Fsp3) is 0.0370. The minimum Gasteiger partial charge on any atom is -0.135 e. The summed E-state index contributed by atoms with van der Waals surface area (Å²) in [7, 11) is 0. The van der Waals surface area contributed by atoms with E-state index in [0.717, 1.165) is 0 Å². The van der Waals surface area contributed by atoms with Crippen molar-refractivity contribution in [3.05, 3.63) is 96.6 Å². The van der Waals surface area contributed by atoms with E-state index in [9.17, 15) is 0 Å². The summed E-state index contributed by atoms with van der Waals surface area (Å²) in [5.41, 5.74) is 3.92. The van der Waals surface area contributed by atoms with E-state index < -0.39 is 0 Å². The van der Waals surface area contributed by atoms with Gasteiger partial charge in [-0.3, -0.25) is 0 Å². The van der Waals surface area contributed by atoms with Crippen LogP contribution in [0.1, 0.15) is 5.56 Å². The summed E-state index contributed by atoms with van der Waals surface area (Å²) >= 11 is 1.89. The molecule has 0 spiro atoms. The van der Waals surface area contributed by atoms with E-state index in [-0.39, 0.29) is 0 Å². The smallest absolute Gasteiger partial charge is 0.0362 e. The molecule has 28 heavy (non-hydrogen) atoms. The summed E-state index contributed by atoms with van der Waals surface area (Å²) in [5.74, 6) is 0. The number of rotatable bonds is 1. The second-order valence-corrected chi connectivity index (χ2v) is 8.59. The molecule has 0 bridgehead atoms. The van der Waals surface area contributed by atoms with Gasteiger partial charge in [0.1, 0.15) is 0 Å². The Morgan fingerprint density at radius 1 is 0.536 bits per heavy atom. The normalized spacial score (nSPS) is 11.8. The van der Waals surface area contributed by atoms with Gasteiger partial charge in [0.25, 0.3) is 0 Å². The highest BCUT2D eigenvalue weighted by Crippen LogP contribution is 2.42. The first-order valence-corrected chi connectivity index (χ1v) is 10.4. The van der Waals surface area contributed by atoms with Crippen LogP contribution in [0.15, 0.2) is 91.0 Å². The molecule has 0 saturated carbocycles. The fourth-order valence-corrected chi connectivity index (χ4v) is 5.45. The average Bonchev–Trinajstić information content (AvgIpc) is 3.09. The summed E-state index contributed by atoms with van der Waals surface area (Å²) < 4.78 is 2.71. The summed E-state index contributed by atoms with van der Waals surface area (Å²) in [4.78, 5) is 0. The molecule has 1 aromatic heterocycles. The molecule has 0 atom stereocenters. The average molecular weight is 375 g/mol. The lowest BCUT2D eigenvalue weighted by molar-refractivity contribution is 1.48. The van der Waals surface area contributed by atoms with Crippen LogP contribution in [0, 0.1) is 6.92 Å². The summed E-state index contributed by atoms with van der Waals surface area (Å²) in [6, 6.07) is 33.5. The highest BCUT2D eigenvalue weighted by molar-refractivity contribution is 7.25. The summed E-state index contributed by atoms with van der Waals surface area (Å²) in [5, 5.41) is 7.98. The first-order valence-electron chi connectivity index (χ1n) is 9.62. The van der Waals surface area contributed by atoms with Crippen LogP contribution in [0.2, 0.25) is 0 Å². The molecule has 6 rings (SSSR count). The van der Waals surface area contributed by atoms with E-state index in [1.807, 2.05) is 11.3 Å². The molecule has 0 nitrogen and oxygen atoms in total. The van der Waals surface area contributed by atoms with Gasteiger partial charge in [-0.2, -0.15) is 0 Å². The van der Waals surface area contributed by atoms with Gasteiger partial charge in [0.15, 0.2) is 0 Å². The van der Waals surface area contributed by atoms with Gasteiger partial charge in [-0.15, -0.1) is 11.3 Å². The number of benzene rings is 5. The quantitative estimate of drug-likeness (QED) is 0.254. The molecule has 5 aromatic carbocycles. The molecule has 0 aliphatic carbocycles. The predicted octanol–water partition coefficient (Wildman–Crippen LogP) is 8.34. The van der Waals surface area contributed by atoms with Gasteiger partial charge in [0.2, 0.25) is 0 Å². The Kier molecular flexibility index (Phi) is 3.35. The lowest BCUT2D eigenvalue weighted by Gasteiger charge is -2.13. The lowest BCUT2D eigenvalue weighted by Crippen LogP contribution is -1.86. The van der Waals surface area contributed by atoms with E-state index in [4.69, 9.17) is 0 Å². The molecule has 6 aromatic rings. The molecule has 0 aliphatic rings. The summed E-state index contributed by atoms with van der Waals surface area (Å²) in [6.45, 7) is 2.14. The zero-order valence-electron chi connectivity index (χ0n) is 15.6. The van der Waals surface area contributed by atoms with Crippen molar-refractivity contribution in [1.29, 1.82) is 0 Å². The monoisotopic (exact) mass is 374 g/mol. The molecule has 0 fully saturated rings. The maximum Gasteiger partial charge on any atom is 0.0362 e. The summed E-state index contributed by atoms with van der Waals surface area (Å²) in [6.07, 6.45) is 0. The van der Waals surface area contributed by atoms with Crippen molar-refractivity contribution in [2.75, 3.05) is 0 Å². The minimum atomic E-state index is 1.29. The molecule has 0 saturated heterocycles. The van der Waals surface area contributed by atoms with Gasteiger partial charge in [-0.1, -0.05) is 72.3 Å². The Labute approximate surface area is 167 Å².